The van der Waals surface area contributed by atoms with E-state index < -0.39 is 0 Å². The van der Waals surface area contributed by atoms with Crippen molar-refractivity contribution in [2.75, 3.05) is 13.7 Å². The van der Waals surface area contributed by atoms with Crippen molar-refractivity contribution in [2.45, 2.75) is 50.9 Å². The van der Waals surface area contributed by atoms with Gasteiger partial charge in [0.15, 0.2) is 0 Å². The zero-order valence-corrected chi connectivity index (χ0v) is 10.4. The predicted octanol–water partition coefficient (Wildman–Crippen LogP) is 2.14. The van der Waals surface area contributed by atoms with E-state index in [9.17, 15) is 0 Å². The Morgan fingerprint density at radius 1 is 1.50 bits per heavy atom. The Bertz CT molecular complexity index is 203. The Morgan fingerprint density at radius 2 is 2.19 bits per heavy atom. The van der Waals surface area contributed by atoms with E-state index in [-0.39, 0.29) is 24.9 Å². The van der Waals surface area contributed by atoms with Crippen molar-refractivity contribution in [3.8, 4) is 0 Å². The van der Waals surface area contributed by atoms with Gasteiger partial charge in [-0.3, -0.25) is 0 Å². The van der Waals surface area contributed by atoms with Crippen LogP contribution in [0.4, 0.5) is 0 Å². The van der Waals surface area contributed by atoms with Crippen LogP contribution in [0.15, 0.2) is 12.7 Å². The van der Waals surface area contributed by atoms with Crippen LogP contribution in [0.3, 0.4) is 0 Å². The van der Waals surface area contributed by atoms with Gasteiger partial charge in [0.25, 0.3) is 0 Å². The molecule has 0 amide bonds. The number of aliphatic hydroxyl groups excluding tert-OH is 1. The summed E-state index contributed by atoms with van der Waals surface area (Å²) in [5.74, 6) is 0.296. The number of methoxy groups -OCH3 is 1. The van der Waals surface area contributed by atoms with Crippen molar-refractivity contribution in [3.05, 3.63) is 12.7 Å². The highest BCUT2D eigenvalue weighted by atomic mass is 16.5. The van der Waals surface area contributed by atoms with E-state index in [0.29, 0.717) is 5.92 Å². The topological polar surface area (TPSA) is 38.7 Å². The quantitative estimate of drug-likeness (QED) is 0.708. The van der Waals surface area contributed by atoms with E-state index in [1.807, 2.05) is 13.0 Å². The Hall–Kier alpha value is -0.380. The number of hydrogen-bond acceptors (Lipinski definition) is 3. The molecule has 0 unspecified atom stereocenters. The van der Waals surface area contributed by atoms with Gasteiger partial charge in [0.1, 0.15) is 0 Å². The van der Waals surface area contributed by atoms with Gasteiger partial charge in [-0.05, 0) is 25.2 Å². The minimum absolute atomic E-state index is 0.214. The Morgan fingerprint density at radius 3 is 2.75 bits per heavy atom. The maximum atomic E-state index is 9.05. The van der Waals surface area contributed by atoms with Crippen LogP contribution in [0.25, 0.3) is 0 Å². The Labute approximate surface area is 98.4 Å². The molecule has 16 heavy (non-hydrogen) atoms. The van der Waals surface area contributed by atoms with E-state index in [2.05, 4.69) is 6.58 Å². The molecule has 0 aliphatic carbocycles. The lowest BCUT2D eigenvalue weighted by atomic mass is 9.93. The van der Waals surface area contributed by atoms with Crippen molar-refractivity contribution >= 4 is 0 Å². The van der Waals surface area contributed by atoms with Crippen LogP contribution in [-0.4, -0.2) is 37.1 Å². The van der Waals surface area contributed by atoms with Crippen molar-refractivity contribution in [1.82, 2.24) is 0 Å². The van der Waals surface area contributed by atoms with E-state index in [1.165, 1.54) is 0 Å². The Balaban J connectivity index is 2.46. The summed E-state index contributed by atoms with van der Waals surface area (Å²) in [4.78, 5) is 0. The SMILES string of the molecule is C=CC[C@H]1C[C@H](OC)C[C@@H](C[C@H](C)CO)O1. The zero-order valence-electron chi connectivity index (χ0n) is 10.4. The highest BCUT2D eigenvalue weighted by molar-refractivity contribution is 4.83. The molecule has 4 atom stereocenters. The molecule has 0 aromatic carbocycles. The first kappa shape index (κ1) is 13.7. The highest BCUT2D eigenvalue weighted by Crippen LogP contribution is 2.27. The highest BCUT2D eigenvalue weighted by Gasteiger charge is 2.29. The average molecular weight is 228 g/mol. The molecule has 1 fully saturated rings. The first-order chi connectivity index (χ1) is 7.69. The number of hydrogen-bond donors (Lipinski definition) is 1. The van der Waals surface area contributed by atoms with Gasteiger partial charge in [-0.15, -0.1) is 6.58 Å². The lowest BCUT2D eigenvalue weighted by Crippen LogP contribution is -2.37. The molecule has 94 valence electrons. The second kappa shape index (κ2) is 7.05. The summed E-state index contributed by atoms with van der Waals surface area (Å²) in [7, 11) is 1.76. The zero-order chi connectivity index (χ0) is 12.0. The van der Waals surface area contributed by atoms with Gasteiger partial charge in [-0.25, -0.2) is 0 Å². The van der Waals surface area contributed by atoms with E-state index in [1.54, 1.807) is 7.11 Å². The summed E-state index contributed by atoms with van der Waals surface area (Å²) in [5.41, 5.74) is 0. The second-order valence-electron chi connectivity index (χ2n) is 4.76. The molecule has 3 nitrogen and oxygen atoms in total. The number of aliphatic hydroxyl groups is 1. The van der Waals surface area contributed by atoms with Crippen molar-refractivity contribution in [1.29, 1.82) is 0 Å². The molecule has 3 heteroatoms. The normalized spacial score (nSPS) is 32.3. The molecule has 1 saturated heterocycles. The van der Waals surface area contributed by atoms with Gasteiger partial charge in [0.05, 0.1) is 18.3 Å². The maximum Gasteiger partial charge on any atom is 0.0637 e. The fourth-order valence-corrected chi connectivity index (χ4v) is 2.27. The molecule has 1 aliphatic heterocycles. The van der Waals surface area contributed by atoms with Crippen molar-refractivity contribution < 1.29 is 14.6 Å². The molecule has 1 N–H and O–H groups in total. The summed E-state index contributed by atoms with van der Waals surface area (Å²) in [6.45, 7) is 6.02. The summed E-state index contributed by atoms with van der Waals surface area (Å²) in [6.07, 6.45) is 6.30. The summed E-state index contributed by atoms with van der Waals surface area (Å²) < 4.78 is 11.4. The van der Waals surface area contributed by atoms with Crippen LogP contribution in [0, 0.1) is 5.92 Å². The first-order valence-corrected chi connectivity index (χ1v) is 6.09. The molecule has 1 heterocycles. The molecule has 1 rings (SSSR count). The van der Waals surface area contributed by atoms with Gasteiger partial charge >= 0.3 is 0 Å². The maximum absolute atomic E-state index is 9.05. The molecular weight excluding hydrogens is 204 g/mol. The molecule has 0 saturated carbocycles. The summed E-state index contributed by atoms with van der Waals surface area (Å²) in [5, 5.41) is 9.05. The molecule has 0 aromatic rings. The molecule has 0 radical (unpaired) electrons. The fraction of sp³-hybridized carbons (Fsp3) is 0.846. The first-order valence-electron chi connectivity index (χ1n) is 6.09. The third-order valence-electron chi connectivity index (χ3n) is 3.18. The monoisotopic (exact) mass is 228 g/mol. The Kier molecular flexibility index (Phi) is 6.03. The minimum Gasteiger partial charge on any atom is -0.396 e. The van der Waals surface area contributed by atoms with Gasteiger partial charge < -0.3 is 14.6 Å². The van der Waals surface area contributed by atoms with Gasteiger partial charge in [-0.1, -0.05) is 13.0 Å². The number of ether oxygens (including phenoxy) is 2. The molecule has 0 aromatic heterocycles. The van der Waals surface area contributed by atoms with Crippen molar-refractivity contribution in [2.24, 2.45) is 5.92 Å². The summed E-state index contributed by atoms with van der Waals surface area (Å²) in [6, 6.07) is 0. The van der Waals surface area contributed by atoms with Gasteiger partial charge in [-0.2, -0.15) is 0 Å². The standard InChI is InChI=1S/C13H24O3/c1-4-5-11-7-12(15-3)8-13(16-11)6-10(2)9-14/h4,10-14H,1,5-9H2,2-3H3/t10-,11-,12-,13+/m0/s1. The largest absolute Gasteiger partial charge is 0.396 e. The smallest absolute Gasteiger partial charge is 0.0637 e. The van der Waals surface area contributed by atoms with E-state index >= 15 is 0 Å². The third kappa shape index (κ3) is 4.24. The van der Waals surface area contributed by atoms with Crippen LogP contribution in [0.5, 0.6) is 0 Å². The fourth-order valence-electron chi connectivity index (χ4n) is 2.27. The van der Waals surface area contributed by atoms with Crippen LogP contribution >= 0.6 is 0 Å². The molecule has 0 bridgehead atoms. The lowest BCUT2D eigenvalue weighted by molar-refractivity contribution is -0.111. The molecule has 1 aliphatic rings. The van der Waals surface area contributed by atoms with Crippen molar-refractivity contribution in [3.63, 3.8) is 0 Å². The van der Waals surface area contributed by atoms with Crippen LogP contribution in [0.2, 0.25) is 0 Å². The van der Waals surface area contributed by atoms with Gasteiger partial charge in [0.2, 0.25) is 0 Å². The summed E-state index contributed by atoms with van der Waals surface area (Å²) >= 11 is 0. The number of rotatable bonds is 6. The van der Waals surface area contributed by atoms with Crippen LogP contribution in [0.1, 0.15) is 32.6 Å². The molecular formula is C13H24O3. The third-order valence-corrected chi connectivity index (χ3v) is 3.18. The van der Waals surface area contributed by atoms with Crippen LogP contribution < -0.4 is 0 Å². The van der Waals surface area contributed by atoms with Crippen LogP contribution in [-0.2, 0) is 9.47 Å². The minimum atomic E-state index is 0.214. The second-order valence-corrected chi connectivity index (χ2v) is 4.76. The predicted molar refractivity (Wildman–Crippen MR) is 64.4 cm³/mol. The lowest BCUT2D eigenvalue weighted by Gasteiger charge is -2.35. The molecule has 0 spiro atoms. The van der Waals surface area contributed by atoms with Gasteiger partial charge in [0, 0.05) is 20.1 Å². The average Bonchev–Trinajstić information content (AvgIpc) is 2.29. The van der Waals surface area contributed by atoms with E-state index in [0.717, 1.165) is 25.7 Å². The van der Waals surface area contributed by atoms with E-state index in [4.69, 9.17) is 14.6 Å².